The first kappa shape index (κ1) is 18.9. The van der Waals surface area contributed by atoms with Crippen molar-refractivity contribution in [1.29, 1.82) is 0 Å². The second-order valence-electron chi connectivity index (χ2n) is 7.51. The summed E-state index contributed by atoms with van der Waals surface area (Å²) in [6.07, 6.45) is 5.95. The van der Waals surface area contributed by atoms with Crippen molar-refractivity contribution in [1.82, 2.24) is 19.7 Å². The normalized spacial score (nSPS) is 19.2. The fourth-order valence-electron chi connectivity index (χ4n) is 4.07. The van der Waals surface area contributed by atoms with Crippen molar-refractivity contribution in [3.05, 3.63) is 40.4 Å². The van der Waals surface area contributed by atoms with E-state index in [0.717, 1.165) is 55.9 Å². The number of rotatable bonds is 2. The van der Waals surface area contributed by atoms with Crippen LogP contribution >= 0.6 is 11.6 Å². The van der Waals surface area contributed by atoms with Gasteiger partial charge in [-0.1, -0.05) is 24.1 Å². The largest absolute Gasteiger partial charge is 0.324 e. The fraction of sp³-hybridized carbons (Fsp3) is 0.500. The molecule has 1 unspecified atom stereocenters. The maximum absolute atomic E-state index is 12.9. The van der Waals surface area contributed by atoms with Crippen LogP contribution in [0.25, 0.3) is 0 Å². The molecular weight excluding hydrogens is 378 g/mol. The molecule has 3 heterocycles. The number of hydrogen-bond acceptors (Lipinski definition) is 4. The average molecular weight is 402 g/mol. The quantitative estimate of drug-likeness (QED) is 0.783. The monoisotopic (exact) mass is 401 g/mol. The molecule has 1 atom stereocenters. The summed E-state index contributed by atoms with van der Waals surface area (Å²) in [6.45, 7) is 3.29. The molecule has 1 saturated heterocycles. The van der Waals surface area contributed by atoms with Crippen LogP contribution in [0.3, 0.4) is 0 Å². The fourth-order valence-corrected chi connectivity index (χ4v) is 4.24. The van der Waals surface area contributed by atoms with E-state index in [1.807, 2.05) is 13.0 Å². The third-order valence-electron chi connectivity index (χ3n) is 5.59. The minimum absolute atomic E-state index is 0.196. The topological polar surface area (TPSA) is 80.1 Å². The number of benzene rings is 1. The molecule has 0 radical (unpaired) electrons. The molecule has 7 nitrogen and oxygen atoms in total. The molecule has 8 heteroatoms. The van der Waals surface area contributed by atoms with Crippen molar-refractivity contribution in [2.75, 3.05) is 11.9 Å². The predicted molar refractivity (Wildman–Crippen MR) is 106 cm³/mol. The Kier molecular flexibility index (Phi) is 5.35. The zero-order chi connectivity index (χ0) is 19.7. The van der Waals surface area contributed by atoms with Crippen molar-refractivity contribution in [2.45, 2.75) is 58.0 Å². The number of amides is 2. The third-order valence-corrected chi connectivity index (χ3v) is 5.83. The second kappa shape index (κ2) is 7.91. The van der Waals surface area contributed by atoms with Crippen LogP contribution in [0.4, 0.5) is 5.69 Å². The van der Waals surface area contributed by atoms with Crippen molar-refractivity contribution >= 4 is 29.1 Å². The van der Waals surface area contributed by atoms with Crippen LogP contribution in [0, 0.1) is 6.92 Å². The molecule has 0 spiro atoms. The molecular formula is C20H24ClN5O2. The summed E-state index contributed by atoms with van der Waals surface area (Å²) in [4.78, 5) is 27.2. The van der Waals surface area contributed by atoms with Gasteiger partial charge in [0.1, 0.15) is 5.82 Å². The Hall–Kier alpha value is -2.41. The first-order valence-electron chi connectivity index (χ1n) is 9.84. The molecule has 1 aromatic carbocycles. The van der Waals surface area contributed by atoms with Gasteiger partial charge in [-0.05, 0) is 50.3 Å². The third kappa shape index (κ3) is 3.63. The van der Waals surface area contributed by atoms with E-state index in [1.165, 1.54) is 6.42 Å². The SMILES string of the molecule is Cc1ccc(Cl)cc1NC(=O)C(=O)N1CCCC1c1nnc2n1CCCCC2. The van der Waals surface area contributed by atoms with E-state index >= 15 is 0 Å². The Labute approximate surface area is 169 Å². The molecule has 148 valence electrons. The van der Waals surface area contributed by atoms with Gasteiger partial charge in [0.15, 0.2) is 5.82 Å². The molecule has 4 rings (SSSR count). The van der Waals surface area contributed by atoms with Gasteiger partial charge < -0.3 is 14.8 Å². The number of nitrogens with one attached hydrogen (secondary N) is 1. The first-order chi connectivity index (χ1) is 13.5. The summed E-state index contributed by atoms with van der Waals surface area (Å²) in [5.74, 6) is 0.626. The molecule has 2 amide bonds. The molecule has 0 aliphatic carbocycles. The predicted octanol–water partition coefficient (Wildman–Crippen LogP) is 3.27. The van der Waals surface area contributed by atoms with Crippen LogP contribution < -0.4 is 5.32 Å². The number of anilines is 1. The highest BCUT2D eigenvalue weighted by molar-refractivity contribution is 6.40. The maximum Gasteiger partial charge on any atom is 0.313 e. The van der Waals surface area contributed by atoms with Gasteiger partial charge in [0.05, 0.1) is 6.04 Å². The summed E-state index contributed by atoms with van der Waals surface area (Å²) in [5, 5.41) is 12.0. The van der Waals surface area contributed by atoms with Crippen LogP contribution in [-0.2, 0) is 22.6 Å². The number of fused-ring (bicyclic) bond motifs is 1. The van der Waals surface area contributed by atoms with Gasteiger partial charge in [-0.2, -0.15) is 0 Å². The Morgan fingerprint density at radius 3 is 2.86 bits per heavy atom. The minimum Gasteiger partial charge on any atom is -0.324 e. The summed E-state index contributed by atoms with van der Waals surface area (Å²) < 4.78 is 2.16. The number of halogens is 1. The van der Waals surface area contributed by atoms with E-state index in [9.17, 15) is 9.59 Å². The number of carbonyl (C=O) groups excluding carboxylic acids is 2. The molecule has 1 aromatic heterocycles. The van der Waals surface area contributed by atoms with E-state index in [4.69, 9.17) is 11.6 Å². The molecule has 1 N–H and O–H groups in total. The van der Waals surface area contributed by atoms with Gasteiger partial charge in [0.25, 0.3) is 0 Å². The molecule has 28 heavy (non-hydrogen) atoms. The van der Waals surface area contributed by atoms with Gasteiger partial charge >= 0.3 is 11.8 Å². The lowest BCUT2D eigenvalue weighted by molar-refractivity contribution is -0.143. The van der Waals surface area contributed by atoms with Crippen LogP contribution in [-0.4, -0.2) is 38.0 Å². The number of likely N-dealkylation sites (tertiary alicyclic amines) is 1. The van der Waals surface area contributed by atoms with Gasteiger partial charge in [0, 0.05) is 30.2 Å². The Balaban J connectivity index is 1.53. The molecule has 2 aromatic rings. The zero-order valence-electron chi connectivity index (χ0n) is 15.9. The Morgan fingerprint density at radius 1 is 1.14 bits per heavy atom. The highest BCUT2D eigenvalue weighted by atomic mass is 35.5. The van der Waals surface area contributed by atoms with Crippen molar-refractivity contribution < 1.29 is 9.59 Å². The van der Waals surface area contributed by atoms with E-state index in [0.29, 0.717) is 17.3 Å². The number of aryl methyl sites for hydroxylation is 2. The summed E-state index contributed by atoms with van der Waals surface area (Å²) >= 11 is 6.01. The van der Waals surface area contributed by atoms with Crippen LogP contribution in [0.5, 0.6) is 0 Å². The number of aromatic nitrogens is 3. The van der Waals surface area contributed by atoms with Gasteiger partial charge in [-0.15, -0.1) is 10.2 Å². The highest BCUT2D eigenvalue weighted by Gasteiger charge is 2.37. The van der Waals surface area contributed by atoms with E-state index < -0.39 is 11.8 Å². The molecule has 0 bridgehead atoms. The van der Waals surface area contributed by atoms with Gasteiger partial charge in [-0.3, -0.25) is 9.59 Å². The lowest BCUT2D eigenvalue weighted by Gasteiger charge is -2.24. The molecule has 0 saturated carbocycles. The van der Waals surface area contributed by atoms with Gasteiger partial charge in [-0.25, -0.2) is 0 Å². The number of carbonyl (C=O) groups is 2. The van der Waals surface area contributed by atoms with Crippen molar-refractivity contribution in [2.24, 2.45) is 0 Å². The van der Waals surface area contributed by atoms with E-state index in [2.05, 4.69) is 20.1 Å². The summed E-state index contributed by atoms with van der Waals surface area (Å²) in [6, 6.07) is 5.02. The zero-order valence-corrected chi connectivity index (χ0v) is 16.7. The van der Waals surface area contributed by atoms with E-state index in [-0.39, 0.29) is 6.04 Å². The summed E-state index contributed by atoms with van der Waals surface area (Å²) in [7, 11) is 0. The number of nitrogens with zero attached hydrogens (tertiary/aromatic N) is 4. The van der Waals surface area contributed by atoms with Crippen molar-refractivity contribution in [3.8, 4) is 0 Å². The minimum atomic E-state index is -0.645. The van der Waals surface area contributed by atoms with Gasteiger partial charge in [0.2, 0.25) is 0 Å². The van der Waals surface area contributed by atoms with Crippen LogP contribution in [0.2, 0.25) is 5.02 Å². The van der Waals surface area contributed by atoms with E-state index in [1.54, 1.807) is 17.0 Å². The molecule has 2 aliphatic rings. The van der Waals surface area contributed by atoms with Crippen LogP contribution in [0.1, 0.15) is 55.4 Å². The second-order valence-corrected chi connectivity index (χ2v) is 7.94. The number of hydrogen-bond donors (Lipinski definition) is 1. The lowest BCUT2D eigenvalue weighted by Crippen LogP contribution is -2.40. The van der Waals surface area contributed by atoms with Crippen molar-refractivity contribution in [3.63, 3.8) is 0 Å². The standard InChI is InChI=1S/C20H24ClN5O2/c1-13-8-9-14(21)12-15(13)22-19(27)20(28)25-11-5-6-16(25)18-24-23-17-7-3-2-4-10-26(17)18/h8-9,12,16H,2-7,10-11H2,1H3,(H,22,27). The molecule has 1 fully saturated rings. The smallest absolute Gasteiger partial charge is 0.313 e. The molecule has 2 aliphatic heterocycles. The maximum atomic E-state index is 12.9. The highest BCUT2D eigenvalue weighted by Crippen LogP contribution is 2.32. The lowest BCUT2D eigenvalue weighted by atomic mass is 10.2. The Bertz CT molecular complexity index is 910. The van der Waals surface area contributed by atoms with Crippen LogP contribution in [0.15, 0.2) is 18.2 Å². The average Bonchev–Trinajstić information content (AvgIpc) is 3.24. The first-order valence-corrected chi connectivity index (χ1v) is 10.2. The summed E-state index contributed by atoms with van der Waals surface area (Å²) in [5.41, 5.74) is 1.41. The Morgan fingerprint density at radius 2 is 2.00 bits per heavy atom.